The molecule has 0 radical (unpaired) electrons. The largest absolute Gasteiger partial charge is 0.478 e. The first-order valence-electron chi connectivity index (χ1n) is 6.21. The summed E-state index contributed by atoms with van der Waals surface area (Å²) in [6.45, 7) is 3.56. The smallest absolute Gasteiger partial charge is 0.328 e. The van der Waals surface area contributed by atoms with Gasteiger partial charge in [0, 0.05) is 11.6 Å². The maximum absolute atomic E-state index is 12.0. The normalized spacial score (nSPS) is 10.8. The van der Waals surface area contributed by atoms with Crippen LogP contribution in [0.5, 0.6) is 0 Å². The number of amides is 1. The van der Waals surface area contributed by atoms with Gasteiger partial charge in [0.1, 0.15) is 6.26 Å². The van der Waals surface area contributed by atoms with Crippen molar-refractivity contribution in [2.75, 3.05) is 5.32 Å². The minimum absolute atomic E-state index is 0.144. The third-order valence-electron chi connectivity index (χ3n) is 2.78. The predicted octanol–water partition coefficient (Wildman–Crippen LogP) is 2.64. The molecule has 21 heavy (non-hydrogen) atoms. The van der Waals surface area contributed by atoms with Gasteiger partial charge in [0.25, 0.3) is 5.91 Å². The van der Waals surface area contributed by atoms with Crippen LogP contribution in [0.4, 0.5) is 6.01 Å². The molecule has 1 heterocycles. The highest BCUT2D eigenvalue weighted by Crippen LogP contribution is 2.15. The lowest BCUT2D eigenvalue weighted by molar-refractivity contribution is -0.131. The van der Waals surface area contributed by atoms with Crippen LogP contribution in [0.1, 0.15) is 27.2 Å². The van der Waals surface area contributed by atoms with E-state index in [-0.39, 0.29) is 11.9 Å². The van der Waals surface area contributed by atoms with Crippen molar-refractivity contribution in [1.82, 2.24) is 4.98 Å². The second-order valence-electron chi connectivity index (χ2n) is 4.49. The molecule has 0 spiro atoms. The Bertz CT molecular complexity index is 716. The lowest BCUT2D eigenvalue weighted by Crippen LogP contribution is -2.12. The number of nitrogens with zero attached hydrogens (tertiary/aromatic N) is 1. The summed E-state index contributed by atoms with van der Waals surface area (Å²) in [5.74, 6) is -1.36. The van der Waals surface area contributed by atoms with Crippen molar-refractivity contribution >= 4 is 24.0 Å². The van der Waals surface area contributed by atoms with Crippen molar-refractivity contribution in [2.45, 2.75) is 13.8 Å². The Morgan fingerprint density at radius 2 is 2.10 bits per heavy atom. The Kier molecular flexibility index (Phi) is 4.18. The van der Waals surface area contributed by atoms with Gasteiger partial charge in [0.2, 0.25) is 0 Å². The van der Waals surface area contributed by atoms with Gasteiger partial charge in [-0.25, -0.2) is 4.79 Å². The summed E-state index contributed by atoms with van der Waals surface area (Å²) >= 11 is 0. The van der Waals surface area contributed by atoms with Gasteiger partial charge in [-0.3, -0.25) is 10.1 Å². The Balaban J connectivity index is 2.15. The van der Waals surface area contributed by atoms with Gasteiger partial charge in [-0.15, -0.1) is 0 Å². The number of hydrogen-bond acceptors (Lipinski definition) is 4. The standard InChI is InChI=1S/C15H14N2O4/c1-9-7-12(4-3-11(9)5-6-13(18)19)14(20)17-15-16-10(2)8-21-15/h3-8H,1-2H3,(H,18,19)(H,16,17,20)/b6-5+. The molecule has 0 bridgehead atoms. The molecule has 6 heteroatoms. The molecule has 0 unspecified atom stereocenters. The highest BCUT2D eigenvalue weighted by atomic mass is 16.4. The zero-order valence-electron chi connectivity index (χ0n) is 11.6. The summed E-state index contributed by atoms with van der Waals surface area (Å²) in [5, 5.41) is 11.2. The number of carbonyl (C=O) groups is 2. The molecule has 0 saturated heterocycles. The molecule has 1 aromatic heterocycles. The Hall–Kier alpha value is -2.89. The van der Waals surface area contributed by atoms with Gasteiger partial charge >= 0.3 is 12.0 Å². The molecule has 2 aromatic rings. The van der Waals surface area contributed by atoms with Crippen molar-refractivity contribution < 1.29 is 19.1 Å². The van der Waals surface area contributed by atoms with Gasteiger partial charge in [-0.05, 0) is 43.2 Å². The van der Waals surface area contributed by atoms with Gasteiger partial charge < -0.3 is 9.52 Å². The van der Waals surface area contributed by atoms with Crippen LogP contribution in [0.15, 0.2) is 35.0 Å². The van der Waals surface area contributed by atoms with Crippen LogP contribution >= 0.6 is 0 Å². The quantitative estimate of drug-likeness (QED) is 0.843. The summed E-state index contributed by atoms with van der Waals surface area (Å²) in [7, 11) is 0. The number of carboxylic acids is 1. The van der Waals surface area contributed by atoms with E-state index in [1.165, 1.54) is 12.3 Å². The SMILES string of the molecule is Cc1coc(NC(=O)c2ccc(/C=C/C(=O)O)c(C)c2)n1. The molecule has 2 N–H and O–H groups in total. The predicted molar refractivity (Wildman–Crippen MR) is 77.0 cm³/mol. The summed E-state index contributed by atoms with van der Waals surface area (Å²) in [5.41, 5.74) is 2.65. The van der Waals surface area contributed by atoms with E-state index < -0.39 is 5.97 Å². The van der Waals surface area contributed by atoms with E-state index >= 15 is 0 Å². The van der Waals surface area contributed by atoms with E-state index in [1.807, 2.05) is 0 Å². The maximum atomic E-state index is 12.0. The van der Waals surface area contributed by atoms with E-state index in [0.29, 0.717) is 11.3 Å². The zero-order valence-corrected chi connectivity index (χ0v) is 11.6. The van der Waals surface area contributed by atoms with Gasteiger partial charge in [-0.2, -0.15) is 4.98 Å². The van der Waals surface area contributed by atoms with Crippen LogP contribution in [0, 0.1) is 13.8 Å². The lowest BCUT2D eigenvalue weighted by Gasteiger charge is -2.05. The molecule has 0 atom stereocenters. The number of carbonyl (C=O) groups excluding carboxylic acids is 1. The summed E-state index contributed by atoms with van der Waals surface area (Å²) < 4.78 is 5.06. The van der Waals surface area contributed by atoms with Crippen LogP contribution in [0.3, 0.4) is 0 Å². The number of oxazole rings is 1. The van der Waals surface area contributed by atoms with Crippen LogP contribution in [0.25, 0.3) is 6.08 Å². The molecule has 2 rings (SSSR count). The first-order valence-corrected chi connectivity index (χ1v) is 6.21. The van der Waals surface area contributed by atoms with Gasteiger partial charge in [-0.1, -0.05) is 6.07 Å². The minimum atomic E-state index is -1.02. The van der Waals surface area contributed by atoms with Crippen LogP contribution < -0.4 is 5.32 Å². The second-order valence-corrected chi connectivity index (χ2v) is 4.49. The first kappa shape index (κ1) is 14.5. The second kappa shape index (κ2) is 6.04. The summed E-state index contributed by atoms with van der Waals surface area (Å²) in [4.78, 5) is 26.5. The number of nitrogens with one attached hydrogen (secondary N) is 1. The van der Waals surface area contributed by atoms with Crippen molar-refractivity contribution in [1.29, 1.82) is 0 Å². The third-order valence-corrected chi connectivity index (χ3v) is 2.78. The number of aryl methyl sites for hydroxylation is 2. The fourth-order valence-corrected chi connectivity index (χ4v) is 1.75. The van der Waals surface area contributed by atoms with E-state index in [0.717, 1.165) is 17.2 Å². The fourth-order valence-electron chi connectivity index (χ4n) is 1.75. The number of hydrogen-bond donors (Lipinski definition) is 2. The Morgan fingerprint density at radius 3 is 2.67 bits per heavy atom. The minimum Gasteiger partial charge on any atom is -0.478 e. The summed E-state index contributed by atoms with van der Waals surface area (Å²) in [6, 6.07) is 5.11. The molecule has 6 nitrogen and oxygen atoms in total. The van der Waals surface area contributed by atoms with Crippen LogP contribution in [0.2, 0.25) is 0 Å². The molecule has 0 fully saturated rings. The average molecular weight is 286 g/mol. The average Bonchev–Trinajstić information content (AvgIpc) is 2.82. The number of aromatic nitrogens is 1. The topological polar surface area (TPSA) is 92.4 Å². The fraction of sp³-hybridized carbons (Fsp3) is 0.133. The molecule has 1 aromatic carbocycles. The summed E-state index contributed by atoms with van der Waals surface area (Å²) in [6.07, 6.45) is 3.98. The van der Waals surface area contributed by atoms with E-state index in [2.05, 4.69) is 10.3 Å². The Labute approximate surface area is 121 Å². The maximum Gasteiger partial charge on any atom is 0.328 e. The molecular formula is C15H14N2O4. The molecule has 1 amide bonds. The highest BCUT2D eigenvalue weighted by Gasteiger charge is 2.10. The number of rotatable bonds is 4. The number of aliphatic carboxylic acids is 1. The molecule has 0 aliphatic rings. The highest BCUT2D eigenvalue weighted by molar-refractivity contribution is 6.03. The third kappa shape index (κ3) is 3.79. The Morgan fingerprint density at radius 1 is 1.33 bits per heavy atom. The van der Waals surface area contributed by atoms with E-state index in [4.69, 9.17) is 9.52 Å². The van der Waals surface area contributed by atoms with Crippen molar-refractivity contribution in [3.63, 3.8) is 0 Å². The monoisotopic (exact) mass is 286 g/mol. The first-order chi connectivity index (χ1) is 9.95. The van der Waals surface area contributed by atoms with Crippen molar-refractivity contribution in [3.05, 3.63) is 52.9 Å². The number of carboxylic acid groups (broad SMARTS) is 1. The van der Waals surface area contributed by atoms with Crippen LogP contribution in [-0.2, 0) is 4.79 Å². The number of anilines is 1. The van der Waals surface area contributed by atoms with E-state index in [9.17, 15) is 9.59 Å². The lowest BCUT2D eigenvalue weighted by atomic mass is 10.0. The van der Waals surface area contributed by atoms with Gasteiger partial charge in [0.15, 0.2) is 0 Å². The molecular weight excluding hydrogens is 272 g/mol. The number of benzene rings is 1. The molecule has 0 saturated carbocycles. The molecule has 0 aliphatic carbocycles. The molecule has 108 valence electrons. The molecule has 0 aliphatic heterocycles. The van der Waals surface area contributed by atoms with Gasteiger partial charge in [0.05, 0.1) is 5.69 Å². The van der Waals surface area contributed by atoms with E-state index in [1.54, 1.807) is 32.0 Å². The van der Waals surface area contributed by atoms with Crippen molar-refractivity contribution in [3.8, 4) is 0 Å². The van der Waals surface area contributed by atoms with Crippen molar-refractivity contribution in [2.24, 2.45) is 0 Å². The van der Waals surface area contributed by atoms with Crippen LogP contribution in [-0.4, -0.2) is 22.0 Å². The zero-order chi connectivity index (χ0) is 15.4.